The second kappa shape index (κ2) is 8.83. The van der Waals surface area contributed by atoms with E-state index >= 15 is 0 Å². The van der Waals surface area contributed by atoms with Gasteiger partial charge in [-0.2, -0.15) is 0 Å². The van der Waals surface area contributed by atoms with Crippen LogP contribution in [-0.4, -0.2) is 39.8 Å². The quantitative estimate of drug-likeness (QED) is 0.725. The summed E-state index contributed by atoms with van der Waals surface area (Å²) >= 11 is 1.60. The second-order valence-corrected chi connectivity index (χ2v) is 9.83. The van der Waals surface area contributed by atoms with E-state index in [1.165, 1.54) is 24.3 Å². The Labute approximate surface area is 178 Å². The molecule has 0 aliphatic carbocycles. The zero-order chi connectivity index (χ0) is 21.1. The molecule has 0 saturated carbocycles. The van der Waals surface area contributed by atoms with Gasteiger partial charge in [0.25, 0.3) is 0 Å². The molecule has 1 atom stereocenters. The summed E-state index contributed by atoms with van der Waals surface area (Å²) in [5.74, 6) is 0.779. The summed E-state index contributed by atoms with van der Waals surface area (Å²) in [6, 6.07) is 8.48. The molecule has 0 radical (unpaired) electrons. The maximum absolute atomic E-state index is 13.6. The third-order valence-corrected chi connectivity index (χ3v) is 7.32. The molecule has 0 spiro atoms. The number of benzene rings is 2. The Morgan fingerprint density at radius 3 is 2.77 bits per heavy atom. The van der Waals surface area contributed by atoms with Crippen LogP contribution < -0.4 is 19.5 Å². The van der Waals surface area contributed by atoms with Crippen LogP contribution in [0.1, 0.15) is 24.4 Å². The molecule has 10 heteroatoms. The Kier molecular flexibility index (Phi) is 6.16. The number of carbonyl (C=O) groups is 1. The lowest BCUT2D eigenvalue weighted by atomic mass is 10.0. The molecule has 2 aliphatic heterocycles. The van der Waals surface area contributed by atoms with Crippen molar-refractivity contribution in [1.29, 1.82) is 0 Å². The summed E-state index contributed by atoms with van der Waals surface area (Å²) in [5.41, 5.74) is 0.713. The molecule has 2 aromatic rings. The molecule has 2 aliphatic rings. The molecule has 0 fully saturated rings. The lowest BCUT2D eigenvalue weighted by Crippen LogP contribution is -2.39. The van der Waals surface area contributed by atoms with Gasteiger partial charge < -0.3 is 14.8 Å². The van der Waals surface area contributed by atoms with E-state index < -0.39 is 22.5 Å². The normalized spacial score (nSPS) is 18.2. The van der Waals surface area contributed by atoms with Gasteiger partial charge in [-0.15, -0.1) is 11.8 Å². The van der Waals surface area contributed by atoms with E-state index in [2.05, 4.69) is 10.0 Å². The zero-order valence-electron chi connectivity index (χ0n) is 16.0. The monoisotopic (exact) mass is 452 g/mol. The number of sulfonamides is 1. The lowest BCUT2D eigenvalue weighted by molar-refractivity contribution is -0.120. The Bertz CT molecular complexity index is 1060. The van der Waals surface area contributed by atoms with Gasteiger partial charge in [0.05, 0.1) is 30.7 Å². The van der Waals surface area contributed by atoms with Crippen molar-refractivity contribution in [3.63, 3.8) is 0 Å². The summed E-state index contributed by atoms with van der Waals surface area (Å²) in [6.07, 6.45) is 1.35. The van der Waals surface area contributed by atoms with Crippen LogP contribution in [0.3, 0.4) is 0 Å². The number of ether oxygens (including phenoxy) is 2. The predicted octanol–water partition coefficient (Wildman–Crippen LogP) is 2.62. The van der Waals surface area contributed by atoms with Crippen LogP contribution in [0.25, 0.3) is 0 Å². The zero-order valence-corrected chi connectivity index (χ0v) is 17.7. The maximum atomic E-state index is 13.6. The minimum Gasteiger partial charge on any atom is -0.490 e. The second-order valence-electron chi connectivity index (χ2n) is 6.92. The number of hydrogen-bond donors (Lipinski definition) is 2. The fourth-order valence-corrected chi connectivity index (χ4v) is 5.42. The summed E-state index contributed by atoms with van der Waals surface area (Å²) in [4.78, 5) is 13.3. The Balaban J connectivity index is 1.41. The molecule has 1 amide bonds. The van der Waals surface area contributed by atoms with Crippen LogP contribution >= 0.6 is 11.8 Å². The molecule has 30 heavy (non-hydrogen) atoms. The summed E-state index contributed by atoms with van der Waals surface area (Å²) in [7, 11) is -3.92. The van der Waals surface area contributed by atoms with E-state index in [-0.39, 0.29) is 16.8 Å². The Morgan fingerprint density at radius 2 is 1.93 bits per heavy atom. The number of halogens is 1. The van der Waals surface area contributed by atoms with Crippen molar-refractivity contribution in [2.24, 2.45) is 0 Å². The van der Waals surface area contributed by atoms with E-state index in [0.717, 1.165) is 10.6 Å². The van der Waals surface area contributed by atoms with Crippen LogP contribution in [0.5, 0.6) is 11.5 Å². The van der Waals surface area contributed by atoms with E-state index in [9.17, 15) is 17.6 Å². The molecule has 0 saturated heterocycles. The lowest BCUT2D eigenvalue weighted by Gasteiger charge is -2.26. The highest BCUT2D eigenvalue weighted by Crippen LogP contribution is 2.36. The fourth-order valence-electron chi connectivity index (χ4n) is 3.32. The first-order valence-electron chi connectivity index (χ1n) is 9.53. The molecular weight excluding hydrogens is 431 g/mol. The standard InChI is InChI=1S/C20H21FN2O5S2/c21-13-2-5-19-15(10-13)16(6-9-29-19)23-20(24)12-22-30(25,26)14-3-4-17-18(11-14)28-8-1-7-27-17/h2-5,10-11,16,22H,1,6-9,12H2,(H,23,24)/t16-/m1/s1. The highest BCUT2D eigenvalue weighted by molar-refractivity contribution is 7.99. The first-order valence-corrected chi connectivity index (χ1v) is 12.0. The van der Waals surface area contributed by atoms with Crippen molar-refractivity contribution in [2.45, 2.75) is 28.7 Å². The average molecular weight is 453 g/mol. The third-order valence-electron chi connectivity index (χ3n) is 4.80. The topological polar surface area (TPSA) is 93.7 Å². The first-order chi connectivity index (χ1) is 14.4. The van der Waals surface area contributed by atoms with Crippen LogP contribution in [0.4, 0.5) is 4.39 Å². The predicted molar refractivity (Wildman–Crippen MR) is 110 cm³/mol. The van der Waals surface area contributed by atoms with Crippen molar-refractivity contribution < 1.29 is 27.1 Å². The van der Waals surface area contributed by atoms with E-state index in [0.29, 0.717) is 43.1 Å². The van der Waals surface area contributed by atoms with Gasteiger partial charge in [-0.05, 0) is 42.3 Å². The number of hydrogen-bond acceptors (Lipinski definition) is 6. The number of thioether (sulfide) groups is 1. The molecule has 4 rings (SSSR count). The average Bonchev–Trinajstić information content (AvgIpc) is 2.98. The maximum Gasteiger partial charge on any atom is 0.241 e. The smallest absolute Gasteiger partial charge is 0.241 e. The number of rotatable bonds is 5. The molecule has 0 unspecified atom stereocenters. The van der Waals surface area contributed by atoms with Crippen LogP contribution in [0.15, 0.2) is 46.2 Å². The van der Waals surface area contributed by atoms with Gasteiger partial charge in [-0.25, -0.2) is 17.5 Å². The minimum absolute atomic E-state index is 0.0129. The first kappa shape index (κ1) is 21.0. The highest BCUT2D eigenvalue weighted by atomic mass is 32.2. The van der Waals surface area contributed by atoms with Gasteiger partial charge in [0.2, 0.25) is 15.9 Å². The van der Waals surface area contributed by atoms with Crippen molar-refractivity contribution in [2.75, 3.05) is 25.5 Å². The van der Waals surface area contributed by atoms with Gasteiger partial charge in [-0.3, -0.25) is 4.79 Å². The van der Waals surface area contributed by atoms with Gasteiger partial charge in [-0.1, -0.05) is 0 Å². The minimum atomic E-state index is -3.92. The van der Waals surface area contributed by atoms with Crippen molar-refractivity contribution in [3.05, 3.63) is 47.8 Å². The number of carbonyl (C=O) groups excluding carboxylic acids is 1. The number of amides is 1. The molecule has 160 valence electrons. The molecule has 0 bridgehead atoms. The van der Waals surface area contributed by atoms with Gasteiger partial charge in [0.15, 0.2) is 11.5 Å². The number of nitrogens with one attached hydrogen (secondary N) is 2. The van der Waals surface area contributed by atoms with Gasteiger partial charge in [0.1, 0.15) is 5.82 Å². The van der Waals surface area contributed by atoms with Gasteiger partial charge >= 0.3 is 0 Å². The Morgan fingerprint density at radius 1 is 1.13 bits per heavy atom. The Hall–Kier alpha value is -2.30. The molecular formula is C20H21FN2O5S2. The summed E-state index contributed by atoms with van der Waals surface area (Å²) in [5, 5.41) is 2.79. The van der Waals surface area contributed by atoms with Crippen molar-refractivity contribution in [1.82, 2.24) is 10.0 Å². The van der Waals surface area contributed by atoms with Crippen LogP contribution in [-0.2, 0) is 14.8 Å². The van der Waals surface area contributed by atoms with Gasteiger partial charge in [0, 0.05) is 23.1 Å². The fraction of sp³-hybridized carbons (Fsp3) is 0.350. The number of fused-ring (bicyclic) bond motifs is 2. The third kappa shape index (κ3) is 4.71. The van der Waals surface area contributed by atoms with Crippen LogP contribution in [0, 0.1) is 5.82 Å². The van der Waals surface area contributed by atoms with Crippen molar-refractivity contribution in [3.8, 4) is 11.5 Å². The molecule has 7 nitrogen and oxygen atoms in total. The highest BCUT2D eigenvalue weighted by Gasteiger charge is 2.24. The van der Waals surface area contributed by atoms with E-state index in [4.69, 9.17) is 9.47 Å². The van der Waals surface area contributed by atoms with Crippen LogP contribution in [0.2, 0.25) is 0 Å². The molecule has 2 aromatic carbocycles. The van der Waals surface area contributed by atoms with Crippen molar-refractivity contribution >= 4 is 27.7 Å². The molecule has 2 heterocycles. The van der Waals surface area contributed by atoms with E-state index in [1.807, 2.05) is 0 Å². The summed E-state index contributed by atoms with van der Waals surface area (Å²) in [6.45, 7) is 0.517. The largest absolute Gasteiger partial charge is 0.490 e. The molecule has 0 aromatic heterocycles. The SMILES string of the molecule is O=C(CNS(=O)(=O)c1ccc2c(c1)OCCCO2)N[C@@H]1CCSc2ccc(F)cc21. The summed E-state index contributed by atoms with van der Waals surface area (Å²) < 4.78 is 52.2. The molecule has 2 N–H and O–H groups in total. The van der Waals surface area contributed by atoms with E-state index in [1.54, 1.807) is 23.9 Å².